The molecule has 5 aromatic carbocycles. The van der Waals surface area contributed by atoms with Crippen LogP contribution in [0.3, 0.4) is 0 Å². The lowest BCUT2D eigenvalue weighted by molar-refractivity contribution is -0.390. The number of nitrogens with one attached hydrogen (secondary N) is 4. The van der Waals surface area contributed by atoms with Gasteiger partial charge in [-0.3, -0.25) is 14.9 Å². The van der Waals surface area contributed by atoms with Gasteiger partial charge in [0, 0.05) is 87.7 Å². The second-order valence-corrected chi connectivity index (χ2v) is 20.6. The Bertz CT molecular complexity index is 3120. The van der Waals surface area contributed by atoms with Crippen LogP contribution in [0.15, 0.2) is 109 Å². The molecule has 352 valence electrons. The lowest BCUT2D eigenvalue weighted by atomic mass is 9.53. The van der Waals surface area contributed by atoms with Crippen molar-refractivity contribution in [2.45, 2.75) is 88.0 Å². The number of aromatic nitrogens is 2. The molecular weight excluding hydrogens is 894 g/mol. The fourth-order valence-corrected chi connectivity index (χ4v) is 13.1. The summed E-state index contributed by atoms with van der Waals surface area (Å²) in [7, 11) is 0. The van der Waals surface area contributed by atoms with Crippen LogP contribution in [0, 0.1) is 23.7 Å². The molecule has 6 fully saturated rings. The number of aromatic amines is 2. The van der Waals surface area contributed by atoms with Crippen molar-refractivity contribution >= 4 is 79.1 Å². The van der Waals surface area contributed by atoms with Gasteiger partial charge >= 0.3 is 6.09 Å². The van der Waals surface area contributed by atoms with Crippen molar-refractivity contribution in [3.8, 4) is 5.75 Å². The number of nitrogens with zero attached hydrogens (tertiary/aromatic N) is 1. The van der Waals surface area contributed by atoms with Crippen LogP contribution in [0.2, 0.25) is 0 Å². The van der Waals surface area contributed by atoms with Crippen LogP contribution < -0.4 is 20.3 Å². The topological polar surface area (TPSA) is 156 Å². The number of amides is 3. The van der Waals surface area contributed by atoms with Crippen LogP contribution in [0.25, 0.3) is 32.6 Å². The van der Waals surface area contributed by atoms with Crippen molar-refractivity contribution in [1.82, 2.24) is 9.97 Å². The van der Waals surface area contributed by atoms with Gasteiger partial charge in [0.15, 0.2) is 0 Å². The zero-order valence-corrected chi connectivity index (χ0v) is 38.7. The minimum Gasteiger partial charge on any atom is -0.488 e. The average molecular weight is 947 g/mol. The molecule has 5 aliphatic carbocycles. The SMILES string of the molecule is O=C(Nc1ccc(COc2cc3c(c4ccccc24)C(CCl)CN3C(=O)c2cc3cc(NC(=O)c4cc5ccccc5[nH]4)ccc3[nH]2)cc1)OC1CCC[C@]2(C1)OOC1(O2)C2CC3CC(C2)CC1C3. The van der Waals surface area contributed by atoms with E-state index in [0.717, 1.165) is 106 Å². The zero-order valence-electron chi connectivity index (χ0n) is 37.9. The predicted octanol–water partition coefficient (Wildman–Crippen LogP) is 11.9. The Morgan fingerprint density at radius 2 is 1.48 bits per heavy atom. The van der Waals surface area contributed by atoms with E-state index in [-0.39, 0.29) is 30.4 Å². The minimum absolute atomic E-state index is 0.0940. The molecule has 5 saturated carbocycles. The summed E-state index contributed by atoms with van der Waals surface area (Å²) in [5, 5.41) is 9.53. The normalized spacial score (nSPS) is 27.7. The van der Waals surface area contributed by atoms with Crippen molar-refractivity contribution in [3.05, 3.63) is 132 Å². The molecule has 69 heavy (non-hydrogen) atoms. The zero-order chi connectivity index (χ0) is 46.4. The standard InChI is InChI=1S/C55H52ClN5O8/c56-28-36-29-61(52(63)47-25-35-23-40(15-16-45(35)60-47)57-51(62)46-24-34-6-1-4-10-44(34)59-46)48-26-49(42-8-2-3-9-43(42)50(36)48)65-30-31-11-13-39(14-12-31)58-53(64)66-41-7-5-17-54(27-41)67-55(69-68-54)37-19-32-18-33(21-37)22-38(55)20-32/h1-4,6,8-16,23-26,32-33,36-38,41,59-60H,5,7,17-22,27-30H2,(H,57,62)(H,58,64)/t32?,33?,36?,37?,38?,41?,54-,55?/m1/s1. The number of hydrogen-bond acceptors (Lipinski definition) is 8. The Balaban J connectivity index is 0.670. The molecule has 14 heteroatoms. The molecule has 4 N–H and O–H groups in total. The number of hydrogen-bond donors (Lipinski definition) is 4. The van der Waals surface area contributed by atoms with E-state index in [2.05, 4.69) is 26.7 Å². The Kier molecular flexibility index (Phi) is 10.3. The third-order valence-electron chi connectivity index (χ3n) is 15.9. The van der Waals surface area contributed by atoms with Crippen molar-refractivity contribution in [2.75, 3.05) is 28.0 Å². The first kappa shape index (κ1) is 42.7. The van der Waals surface area contributed by atoms with E-state index >= 15 is 0 Å². The first-order valence-corrected chi connectivity index (χ1v) is 24.9. The van der Waals surface area contributed by atoms with E-state index in [4.69, 9.17) is 35.6 Å². The highest BCUT2D eigenvalue weighted by Gasteiger charge is 2.67. The summed E-state index contributed by atoms with van der Waals surface area (Å²) in [6.45, 7) is 0.654. The fraction of sp³-hybridized carbons (Fsp3) is 0.364. The maximum Gasteiger partial charge on any atom is 0.411 e. The molecule has 2 unspecified atom stereocenters. The number of alkyl halides is 1. The molecule has 0 radical (unpaired) electrons. The lowest BCUT2D eigenvalue weighted by Gasteiger charge is -2.57. The molecule has 7 aliphatic rings. The number of carbonyl (C=O) groups excluding carboxylic acids is 3. The second-order valence-electron chi connectivity index (χ2n) is 20.3. The van der Waals surface area contributed by atoms with Crippen LogP contribution in [-0.4, -0.2) is 58.0 Å². The quantitative estimate of drug-likeness (QED) is 0.0823. The highest BCUT2D eigenvalue weighted by Crippen LogP contribution is 2.64. The fourth-order valence-electron chi connectivity index (χ4n) is 12.9. The minimum atomic E-state index is -0.880. The van der Waals surface area contributed by atoms with Crippen molar-refractivity contribution in [3.63, 3.8) is 0 Å². The predicted molar refractivity (Wildman–Crippen MR) is 263 cm³/mol. The summed E-state index contributed by atoms with van der Waals surface area (Å²) in [6, 6.07) is 34.4. The summed E-state index contributed by atoms with van der Waals surface area (Å²) >= 11 is 6.63. The van der Waals surface area contributed by atoms with Gasteiger partial charge in [-0.05, 0) is 122 Å². The molecule has 14 rings (SSSR count). The van der Waals surface area contributed by atoms with Crippen LogP contribution in [-0.2, 0) is 25.9 Å². The number of H-pyrrole nitrogens is 2. The van der Waals surface area contributed by atoms with Gasteiger partial charge in [-0.15, -0.1) is 11.6 Å². The maximum atomic E-state index is 14.5. The van der Waals surface area contributed by atoms with Crippen molar-refractivity contribution in [1.29, 1.82) is 0 Å². The molecule has 13 nitrogen and oxygen atoms in total. The second kappa shape index (κ2) is 16.6. The first-order valence-electron chi connectivity index (χ1n) is 24.4. The Morgan fingerprint density at radius 3 is 2.28 bits per heavy atom. The molecule has 2 aromatic heterocycles. The van der Waals surface area contributed by atoms with Gasteiger partial charge in [0.2, 0.25) is 11.6 Å². The van der Waals surface area contributed by atoms with E-state index in [0.29, 0.717) is 59.2 Å². The maximum absolute atomic E-state index is 14.5. The summed E-state index contributed by atoms with van der Waals surface area (Å²) in [4.78, 5) is 61.5. The number of ether oxygens (including phenoxy) is 3. The summed E-state index contributed by atoms with van der Waals surface area (Å²) in [5.74, 6) is 1.20. The summed E-state index contributed by atoms with van der Waals surface area (Å²) < 4.78 is 19.4. The third-order valence-corrected chi connectivity index (χ3v) is 16.3. The average Bonchev–Trinajstić information content (AvgIpc) is 4.16. The Morgan fingerprint density at radius 1 is 0.754 bits per heavy atom. The number of anilines is 3. The number of rotatable bonds is 9. The molecule has 3 atom stereocenters. The molecular formula is C55H52ClN5O8. The van der Waals surface area contributed by atoms with Gasteiger partial charge in [-0.2, -0.15) is 9.78 Å². The smallest absolute Gasteiger partial charge is 0.411 e. The van der Waals surface area contributed by atoms with Crippen LogP contribution in [0.1, 0.15) is 95.8 Å². The lowest BCUT2D eigenvalue weighted by Crippen LogP contribution is -2.59. The molecule has 1 saturated heterocycles. The highest BCUT2D eigenvalue weighted by molar-refractivity contribution is 6.19. The van der Waals surface area contributed by atoms with E-state index in [1.807, 2.05) is 103 Å². The van der Waals surface area contributed by atoms with Gasteiger partial charge in [-0.25, -0.2) is 4.79 Å². The van der Waals surface area contributed by atoms with E-state index in [1.54, 1.807) is 4.90 Å². The molecule has 3 amide bonds. The summed E-state index contributed by atoms with van der Waals surface area (Å²) in [6.07, 6.45) is 7.78. The number of halogens is 1. The van der Waals surface area contributed by atoms with E-state index in [1.165, 1.54) is 6.42 Å². The molecule has 2 aliphatic heterocycles. The van der Waals surface area contributed by atoms with Crippen LogP contribution >= 0.6 is 11.6 Å². The van der Waals surface area contributed by atoms with Gasteiger partial charge in [0.05, 0.1) is 5.69 Å². The molecule has 4 heterocycles. The number of carbonyl (C=O) groups is 3. The highest BCUT2D eigenvalue weighted by atomic mass is 35.5. The van der Waals surface area contributed by atoms with Crippen molar-refractivity contribution in [2.24, 2.45) is 23.7 Å². The summed E-state index contributed by atoms with van der Waals surface area (Å²) in [5.41, 5.74) is 6.39. The molecule has 7 aromatic rings. The van der Waals surface area contributed by atoms with Gasteiger partial charge in [-0.1, -0.05) is 54.6 Å². The monoisotopic (exact) mass is 945 g/mol. The Hall–Kier alpha value is -6.38. The van der Waals surface area contributed by atoms with Gasteiger partial charge in [0.1, 0.15) is 29.8 Å². The number of fused-ring (bicyclic) bond motifs is 5. The molecule has 4 bridgehead atoms. The molecule has 2 spiro atoms. The van der Waals surface area contributed by atoms with Crippen molar-refractivity contribution < 1.29 is 38.4 Å². The van der Waals surface area contributed by atoms with Gasteiger partial charge < -0.3 is 34.4 Å². The first-order chi connectivity index (χ1) is 33.7. The largest absolute Gasteiger partial charge is 0.488 e. The van der Waals surface area contributed by atoms with Crippen LogP contribution in [0.4, 0.5) is 21.9 Å². The third kappa shape index (κ3) is 7.52. The van der Waals surface area contributed by atoms with Gasteiger partial charge in [0.25, 0.3) is 11.8 Å². The van der Waals surface area contributed by atoms with E-state index in [9.17, 15) is 14.4 Å². The number of benzene rings is 5. The van der Waals surface area contributed by atoms with E-state index < -0.39 is 17.7 Å². The Labute approximate surface area is 403 Å². The van der Waals surface area contributed by atoms with Crippen LogP contribution in [0.5, 0.6) is 5.75 Å². The number of para-hydroxylation sites is 1.